The highest BCUT2D eigenvalue weighted by Crippen LogP contribution is 2.29. The van der Waals surface area contributed by atoms with E-state index in [2.05, 4.69) is 10.1 Å². The van der Waals surface area contributed by atoms with Crippen molar-refractivity contribution in [2.75, 3.05) is 0 Å². The summed E-state index contributed by atoms with van der Waals surface area (Å²) < 4.78 is 74.5. The molecule has 202 valence electrons. The Kier molecular flexibility index (Phi) is 8.75. The van der Waals surface area contributed by atoms with E-state index in [1.165, 1.54) is 24.3 Å². The summed E-state index contributed by atoms with van der Waals surface area (Å²) in [7, 11) is 0. The van der Waals surface area contributed by atoms with E-state index in [-0.39, 0.29) is 18.6 Å². The zero-order valence-electron chi connectivity index (χ0n) is 20.9. The van der Waals surface area contributed by atoms with Crippen LogP contribution in [0.25, 0.3) is 11.1 Å². The fourth-order valence-corrected chi connectivity index (χ4v) is 3.69. The molecule has 3 aromatic rings. The van der Waals surface area contributed by atoms with Gasteiger partial charge < -0.3 is 14.8 Å². The van der Waals surface area contributed by atoms with Crippen LogP contribution in [-0.4, -0.2) is 23.8 Å². The molecule has 0 aliphatic carbocycles. The number of hydrogen-bond acceptors (Lipinski definition) is 4. The standard InChI is InChI=1S/C28H26F5NO4/c1-27(2,3)38-26(36)34-23(15-16-24(35)25-21(29)5-4-6-22(25)30)19-9-7-17(8-10-19)18-11-13-20(14-12-18)37-28(31,32)33/h4-14,23H,15-16H2,1-3H3,(H,34,36). The van der Waals surface area contributed by atoms with Crippen molar-refractivity contribution in [3.63, 3.8) is 0 Å². The maximum Gasteiger partial charge on any atom is 0.573 e. The molecule has 0 aromatic heterocycles. The Bertz CT molecular complexity index is 1250. The number of benzene rings is 3. The lowest BCUT2D eigenvalue weighted by Crippen LogP contribution is -2.35. The van der Waals surface area contributed by atoms with Gasteiger partial charge in [-0.3, -0.25) is 4.79 Å². The van der Waals surface area contributed by atoms with Crippen molar-refractivity contribution in [2.24, 2.45) is 0 Å². The largest absolute Gasteiger partial charge is 0.573 e. The number of ketones is 1. The number of amides is 1. The predicted molar refractivity (Wildman–Crippen MR) is 131 cm³/mol. The van der Waals surface area contributed by atoms with Crippen molar-refractivity contribution in [1.82, 2.24) is 5.32 Å². The Morgan fingerprint density at radius 2 is 1.37 bits per heavy atom. The van der Waals surface area contributed by atoms with Crippen molar-refractivity contribution in [1.29, 1.82) is 0 Å². The third-order valence-electron chi connectivity index (χ3n) is 5.33. The Labute approximate surface area is 216 Å². The summed E-state index contributed by atoms with van der Waals surface area (Å²) in [5.41, 5.74) is 0.447. The van der Waals surface area contributed by atoms with Crippen LogP contribution in [0.1, 0.15) is 55.6 Å². The molecule has 1 amide bonds. The van der Waals surface area contributed by atoms with Gasteiger partial charge in [0.25, 0.3) is 0 Å². The molecular weight excluding hydrogens is 509 g/mol. The molecule has 10 heteroatoms. The minimum Gasteiger partial charge on any atom is -0.444 e. The van der Waals surface area contributed by atoms with Gasteiger partial charge in [0.2, 0.25) is 0 Å². The molecule has 1 atom stereocenters. The summed E-state index contributed by atoms with van der Waals surface area (Å²) in [6, 6.07) is 14.5. The van der Waals surface area contributed by atoms with Crippen molar-refractivity contribution < 1.29 is 41.0 Å². The Morgan fingerprint density at radius 1 is 0.842 bits per heavy atom. The van der Waals surface area contributed by atoms with Crippen molar-refractivity contribution in [3.8, 4) is 16.9 Å². The Hall–Kier alpha value is -3.95. The first kappa shape index (κ1) is 28.6. The molecule has 0 heterocycles. The average molecular weight is 536 g/mol. The van der Waals surface area contributed by atoms with Gasteiger partial charge in [0.1, 0.15) is 23.0 Å². The summed E-state index contributed by atoms with van der Waals surface area (Å²) >= 11 is 0. The molecule has 1 N–H and O–H groups in total. The van der Waals surface area contributed by atoms with E-state index in [0.717, 1.165) is 18.2 Å². The maximum atomic E-state index is 14.0. The maximum absolute atomic E-state index is 14.0. The highest BCUT2D eigenvalue weighted by atomic mass is 19.4. The summed E-state index contributed by atoms with van der Waals surface area (Å²) in [4.78, 5) is 25.0. The van der Waals surface area contributed by atoms with Gasteiger partial charge in [-0.05, 0) is 68.1 Å². The number of carbonyl (C=O) groups is 2. The second-order valence-corrected chi connectivity index (χ2v) is 9.45. The van der Waals surface area contributed by atoms with Crippen LogP contribution in [0.15, 0.2) is 66.7 Å². The van der Waals surface area contributed by atoms with Crippen LogP contribution in [-0.2, 0) is 4.74 Å². The van der Waals surface area contributed by atoms with Crippen molar-refractivity contribution >= 4 is 11.9 Å². The molecule has 0 radical (unpaired) electrons. The van der Waals surface area contributed by atoms with E-state index in [1.54, 1.807) is 45.0 Å². The number of carbonyl (C=O) groups excluding carboxylic acids is 2. The third-order valence-corrected chi connectivity index (χ3v) is 5.33. The van der Waals surface area contributed by atoms with Crippen molar-refractivity contribution in [3.05, 3.63) is 89.5 Å². The lowest BCUT2D eigenvalue weighted by molar-refractivity contribution is -0.274. The number of nitrogens with one attached hydrogen (secondary N) is 1. The van der Waals surface area contributed by atoms with Gasteiger partial charge >= 0.3 is 12.5 Å². The number of halogens is 5. The van der Waals surface area contributed by atoms with Gasteiger partial charge in [0, 0.05) is 6.42 Å². The van der Waals surface area contributed by atoms with Gasteiger partial charge in [0.15, 0.2) is 5.78 Å². The van der Waals surface area contributed by atoms with Gasteiger partial charge in [-0.25, -0.2) is 13.6 Å². The van der Waals surface area contributed by atoms with E-state index < -0.39 is 47.1 Å². The van der Waals surface area contributed by atoms with Crippen LogP contribution >= 0.6 is 0 Å². The first-order valence-corrected chi connectivity index (χ1v) is 11.6. The predicted octanol–water partition coefficient (Wildman–Crippen LogP) is 7.76. The second kappa shape index (κ2) is 11.6. The van der Waals surface area contributed by atoms with Gasteiger partial charge in [-0.15, -0.1) is 13.2 Å². The summed E-state index contributed by atoms with van der Waals surface area (Å²) in [5.74, 6) is -3.05. The van der Waals surface area contributed by atoms with E-state index in [0.29, 0.717) is 16.7 Å². The quantitative estimate of drug-likeness (QED) is 0.237. The fourth-order valence-electron chi connectivity index (χ4n) is 3.69. The topological polar surface area (TPSA) is 64.6 Å². The molecule has 3 rings (SSSR count). The lowest BCUT2D eigenvalue weighted by atomic mass is 9.96. The van der Waals surface area contributed by atoms with Gasteiger partial charge in [0.05, 0.1) is 11.6 Å². The number of rotatable bonds is 8. The molecule has 0 saturated carbocycles. The number of Topliss-reactive ketones (excluding diaryl/α,β-unsaturated/α-hetero) is 1. The number of alkyl halides is 3. The molecule has 0 spiro atoms. The van der Waals surface area contributed by atoms with Crippen LogP contribution in [0.5, 0.6) is 5.75 Å². The van der Waals surface area contributed by atoms with E-state index in [4.69, 9.17) is 4.74 Å². The molecular formula is C28H26F5NO4. The Balaban J connectivity index is 1.79. The van der Waals surface area contributed by atoms with Gasteiger partial charge in [-0.2, -0.15) is 0 Å². The fraction of sp³-hybridized carbons (Fsp3) is 0.286. The number of hydrogen-bond donors (Lipinski definition) is 1. The molecule has 0 bridgehead atoms. The number of ether oxygens (including phenoxy) is 2. The van der Waals surface area contributed by atoms with E-state index in [1.807, 2.05) is 0 Å². The summed E-state index contributed by atoms with van der Waals surface area (Å²) in [5, 5.41) is 2.69. The second-order valence-electron chi connectivity index (χ2n) is 9.45. The SMILES string of the molecule is CC(C)(C)OC(=O)NC(CCC(=O)c1c(F)cccc1F)c1ccc(-c2ccc(OC(F)(F)F)cc2)cc1. The average Bonchev–Trinajstić information content (AvgIpc) is 2.80. The summed E-state index contributed by atoms with van der Waals surface area (Å²) in [6.07, 6.45) is -5.77. The molecule has 38 heavy (non-hydrogen) atoms. The highest BCUT2D eigenvalue weighted by molar-refractivity contribution is 5.96. The third kappa shape index (κ3) is 8.29. The van der Waals surface area contributed by atoms with Crippen LogP contribution in [0.3, 0.4) is 0 Å². The molecule has 0 saturated heterocycles. The minimum atomic E-state index is -4.79. The molecule has 0 aliphatic rings. The van der Waals surface area contributed by atoms with Crippen LogP contribution < -0.4 is 10.1 Å². The monoisotopic (exact) mass is 535 g/mol. The normalized spacial score (nSPS) is 12.5. The van der Waals surface area contributed by atoms with Crippen LogP contribution in [0, 0.1) is 11.6 Å². The van der Waals surface area contributed by atoms with Gasteiger partial charge in [-0.1, -0.05) is 42.5 Å². The van der Waals surface area contributed by atoms with E-state index >= 15 is 0 Å². The molecule has 1 unspecified atom stereocenters. The molecule has 3 aromatic carbocycles. The van der Waals surface area contributed by atoms with E-state index in [9.17, 15) is 31.5 Å². The van der Waals surface area contributed by atoms with Crippen molar-refractivity contribution in [2.45, 2.75) is 51.6 Å². The smallest absolute Gasteiger partial charge is 0.444 e. The summed E-state index contributed by atoms with van der Waals surface area (Å²) in [6.45, 7) is 5.06. The lowest BCUT2D eigenvalue weighted by Gasteiger charge is -2.24. The first-order valence-electron chi connectivity index (χ1n) is 11.6. The minimum absolute atomic E-state index is 0.0225. The number of alkyl carbamates (subject to hydrolysis) is 1. The molecule has 5 nitrogen and oxygen atoms in total. The zero-order valence-corrected chi connectivity index (χ0v) is 20.9. The first-order chi connectivity index (χ1) is 17.7. The van der Waals surface area contributed by atoms with Crippen LogP contribution in [0.4, 0.5) is 26.7 Å². The Morgan fingerprint density at radius 3 is 1.87 bits per heavy atom. The zero-order chi connectivity index (χ0) is 28.1. The van der Waals surface area contributed by atoms with Crippen LogP contribution in [0.2, 0.25) is 0 Å². The highest BCUT2D eigenvalue weighted by Gasteiger charge is 2.31. The molecule has 0 fully saturated rings. The molecule has 0 aliphatic heterocycles.